The Morgan fingerprint density at radius 1 is 0.439 bits per heavy atom. The van der Waals surface area contributed by atoms with Crippen LogP contribution in [0, 0.1) is 0 Å². The first-order valence-electron chi connectivity index (χ1n) is 19.3. The summed E-state index contributed by atoms with van der Waals surface area (Å²) >= 11 is 0. The first-order valence-corrected chi connectivity index (χ1v) is 19.3. The maximum atomic E-state index is 5.06. The quantitative estimate of drug-likeness (QED) is 0.171. The predicted molar refractivity (Wildman–Crippen MR) is 239 cm³/mol. The monoisotopic (exact) mass is 730 g/mol. The molecule has 10 rings (SSSR count). The molecule has 0 radical (unpaired) electrons. The molecule has 4 heteroatoms. The van der Waals surface area contributed by atoms with Crippen molar-refractivity contribution in [2.24, 2.45) is 0 Å². The van der Waals surface area contributed by atoms with Crippen LogP contribution in [0.2, 0.25) is 0 Å². The molecule has 2 aromatic heterocycles. The van der Waals surface area contributed by atoms with E-state index in [1.165, 1.54) is 21.8 Å². The molecular formula is C53H38N4. The van der Waals surface area contributed by atoms with Crippen molar-refractivity contribution in [3.05, 3.63) is 218 Å². The van der Waals surface area contributed by atoms with Crippen molar-refractivity contribution in [1.82, 2.24) is 14.5 Å². The van der Waals surface area contributed by atoms with Gasteiger partial charge in [0.15, 0.2) is 5.82 Å². The van der Waals surface area contributed by atoms with Gasteiger partial charge in [-0.1, -0.05) is 176 Å². The highest BCUT2D eigenvalue weighted by Crippen LogP contribution is 2.42. The van der Waals surface area contributed by atoms with Crippen LogP contribution < -0.4 is 4.90 Å². The van der Waals surface area contributed by atoms with E-state index in [0.717, 1.165) is 67.4 Å². The number of aromatic nitrogens is 3. The Labute approximate surface area is 332 Å². The van der Waals surface area contributed by atoms with E-state index in [0.29, 0.717) is 12.4 Å². The van der Waals surface area contributed by atoms with Gasteiger partial charge in [0, 0.05) is 45.3 Å². The molecular weight excluding hydrogens is 693 g/mol. The molecule has 0 aliphatic carbocycles. The van der Waals surface area contributed by atoms with Crippen LogP contribution in [0.15, 0.2) is 213 Å². The standard InChI is InChI=1S/C53H38N4/c1-37-17-5-4-16-34-56(50-26-14-15-27-51(50)57-48-24-12-10-22-44(48)45-23-11-13-25-49(45)57)52-35-42(32-33-43(37)52)38-28-30-41(31-29-38)53-54-46(39-18-6-2-7-19-39)36-47(55-53)40-20-8-3-9-21-40/h2-33,35-36H,1,34H2/b16-4-,17-5-. The molecule has 7 aromatic carbocycles. The van der Waals surface area contributed by atoms with Gasteiger partial charge in [0.25, 0.3) is 0 Å². The van der Waals surface area contributed by atoms with Crippen LogP contribution in [0.3, 0.4) is 0 Å². The summed E-state index contributed by atoms with van der Waals surface area (Å²) in [5.41, 5.74) is 14.8. The SMILES string of the molecule is C=C1/C=C\C=C/CN(c2ccccc2-n2c3ccccc3c3ccccc32)c2cc(-c3ccc(-c4nc(-c5ccccc5)cc(-c5ccccc5)n4)cc3)ccc21. The third kappa shape index (κ3) is 6.33. The highest BCUT2D eigenvalue weighted by molar-refractivity contribution is 6.09. The fourth-order valence-corrected chi connectivity index (χ4v) is 8.00. The molecule has 270 valence electrons. The van der Waals surface area contributed by atoms with E-state index in [2.05, 4.69) is 186 Å². The molecule has 0 saturated heterocycles. The van der Waals surface area contributed by atoms with Crippen molar-refractivity contribution in [1.29, 1.82) is 0 Å². The van der Waals surface area contributed by atoms with Crippen LogP contribution in [0.1, 0.15) is 5.56 Å². The van der Waals surface area contributed by atoms with Gasteiger partial charge in [0.05, 0.1) is 33.8 Å². The zero-order valence-electron chi connectivity index (χ0n) is 31.3. The molecule has 3 heterocycles. The van der Waals surface area contributed by atoms with Crippen molar-refractivity contribution in [3.8, 4) is 50.7 Å². The minimum Gasteiger partial charge on any atom is -0.335 e. The van der Waals surface area contributed by atoms with Crippen molar-refractivity contribution in [3.63, 3.8) is 0 Å². The second kappa shape index (κ2) is 14.6. The average molecular weight is 731 g/mol. The summed E-state index contributed by atoms with van der Waals surface area (Å²) < 4.78 is 2.41. The van der Waals surface area contributed by atoms with Crippen molar-refractivity contribution in [2.75, 3.05) is 11.4 Å². The summed E-state index contributed by atoms with van der Waals surface area (Å²) in [5, 5.41) is 2.48. The molecule has 0 bridgehead atoms. The molecule has 1 aliphatic heterocycles. The fraction of sp³-hybridized carbons (Fsp3) is 0.0189. The smallest absolute Gasteiger partial charge is 0.160 e. The third-order valence-corrected chi connectivity index (χ3v) is 10.8. The molecule has 4 nitrogen and oxygen atoms in total. The largest absolute Gasteiger partial charge is 0.335 e. The van der Waals surface area contributed by atoms with Gasteiger partial charge in [0.1, 0.15) is 0 Å². The number of para-hydroxylation sites is 4. The first-order chi connectivity index (χ1) is 28.2. The highest BCUT2D eigenvalue weighted by Gasteiger charge is 2.22. The summed E-state index contributed by atoms with van der Waals surface area (Å²) in [6, 6.07) is 64.2. The molecule has 0 saturated carbocycles. The van der Waals surface area contributed by atoms with Gasteiger partial charge in [0.2, 0.25) is 0 Å². The van der Waals surface area contributed by atoms with E-state index in [1.54, 1.807) is 0 Å². The Kier molecular flexibility index (Phi) is 8.69. The first kappa shape index (κ1) is 34.0. The zero-order valence-corrected chi connectivity index (χ0v) is 31.3. The Bertz CT molecular complexity index is 2880. The molecule has 0 fully saturated rings. The lowest BCUT2D eigenvalue weighted by Crippen LogP contribution is -2.20. The number of hydrogen-bond donors (Lipinski definition) is 0. The maximum Gasteiger partial charge on any atom is 0.160 e. The van der Waals surface area contributed by atoms with E-state index < -0.39 is 0 Å². The van der Waals surface area contributed by atoms with E-state index in [9.17, 15) is 0 Å². The number of allylic oxidation sites excluding steroid dienone is 4. The van der Waals surface area contributed by atoms with Gasteiger partial charge in [-0.3, -0.25) is 0 Å². The van der Waals surface area contributed by atoms with Gasteiger partial charge in [-0.15, -0.1) is 0 Å². The Morgan fingerprint density at radius 2 is 0.982 bits per heavy atom. The van der Waals surface area contributed by atoms with Crippen LogP contribution in [0.4, 0.5) is 11.4 Å². The van der Waals surface area contributed by atoms with Gasteiger partial charge in [-0.25, -0.2) is 9.97 Å². The molecule has 0 unspecified atom stereocenters. The molecule has 0 amide bonds. The predicted octanol–water partition coefficient (Wildman–Crippen LogP) is 13.5. The van der Waals surface area contributed by atoms with E-state index >= 15 is 0 Å². The van der Waals surface area contributed by atoms with E-state index in [4.69, 9.17) is 9.97 Å². The van der Waals surface area contributed by atoms with Crippen LogP contribution in [0.5, 0.6) is 0 Å². The van der Waals surface area contributed by atoms with Gasteiger partial charge in [-0.2, -0.15) is 0 Å². The van der Waals surface area contributed by atoms with Crippen molar-refractivity contribution >= 4 is 38.8 Å². The number of benzene rings is 7. The average Bonchev–Trinajstić information content (AvgIpc) is 3.65. The number of hydrogen-bond acceptors (Lipinski definition) is 3. The molecule has 0 N–H and O–H groups in total. The minimum atomic E-state index is 0.681. The van der Waals surface area contributed by atoms with Crippen LogP contribution >= 0.6 is 0 Å². The lowest BCUT2D eigenvalue weighted by atomic mass is 9.97. The highest BCUT2D eigenvalue weighted by atomic mass is 15.2. The van der Waals surface area contributed by atoms with Gasteiger partial charge < -0.3 is 9.47 Å². The van der Waals surface area contributed by atoms with E-state index in [1.807, 2.05) is 36.4 Å². The summed E-state index contributed by atoms with van der Waals surface area (Å²) in [4.78, 5) is 12.6. The molecule has 0 atom stereocenters. The lowest BCUT2D eigenvalue weighted by molar-refractivity contribution is 1.06. The van der Waals surface area contributed by atoms with Crippen LogP contribution in [-0.2, 0) is 0 Å². The van der Waals surface area contributed by atoms with Crippen LogP contribution in [0.25, 0.3) is 78.1 Å². The van der Waals surface area contributed by atoms with Gasteiger partial charge in [-0.05, 0) is 53.1 Å². The minimum absolute atomic E-state index is 0.681. The molecule has 0 spiro atoms. The zero-order chi connectivity index (χ0) is 38.1. The maximum absolute atomic E-state index is 5.06. The van der Waals surface area contributed by atoms with Crippen molar-refractivity contribution < 1.29 is 0 Å². The van der Waals surface area contributed by atoms with Gasteiger partial charge >= 0.3 is 0 Å². The number of nitrogens with zero attached hydrogens (tertiary/aromatic N) is 4. The normalized spacial score (nSPS) is 13.8. The molecule has 1 aliphatic rings. The molecule has 57 heavy (non-hydrogen) atoms. The lowest BCUT2D eigenvalue weighted by Gasteiger charge is -2.29. The summed E-state index contributed by atoms with van der Waals surface area (Å²) in [6.07, 6.45) is 8.51. The number of rotatable bonds is 6. The number of anilines is 2. The Morgan fingerprint density at radius 3 is 1.63 bits per heavy atom. The second-order valence-electron chi connectivity index (χ2n) is 14.3. The summed E-state index contributed by atoms with van der Waals surface area (Å²) in [5.74, 6) is 0.693. The van der Waals surface area contributed by atoms with Crippen molar-refractivity contribution in [2.45, 2.75) is 0 Å². The number of fused-ring (bicyclic) bond motifs is 4. The summed E-state index contributed by atoms with van der Waals surface area (Å²) in [7, 11) is 0. The van der Waals surface area contributed by atoms with Crippen LogP contribution in [-0.4, -0.2) is 21.1 Å². The topological polar surface area (TPSA) is 34.0 Å². The summed E-state index contributed by atoms with van der Waals surface area (Å²) in [6.45, 7) is 5.20. The van der Waals surface area contributed by atoms with E-state index in [-0.39, 0.29) is 0 Å². The molecule has 9 aromatic rings. The fourth-order valence-electron chi connectivity index (χ4n) is 8.00. The third-order valence-electron chi connectivity index (χ3n) is 10.8. The Balaban J connectivity index is 1.08. The second-order valence-corrected chi connectivity index (χ2v) is 14.3. The Hall–Kier alpha value is -7.56.